The molecule has 0 radical (unpaired) electrons. The van der Waals surface area contributed by atoms with Gasteiger partial charge < -0.3 is 20.7 Å². The number of nitrogens with one attached hydrogen (secondary N) is 2. The van der Waals surface area contributed by atoms with Crippen LogP contribution in [0, 0.1) is 5.41 Å². The number of pyridine rings is 1. The summed E-state index contributed by atoms with van der Waals surface area (Å²) in [4.78, 5) is 6.85. The lowest BCUT2D eigenvalue weighted by atomic mass is 9.93. The Morgan fingerprint density at radius 2 is 1.79 bits per heavy atom. The van der Waals surface area contributed by atoms with E-state index in [4.69, 9.17) is 10.5 Å². The van der Waals surface area contributed by atoms with Crippen molar-refractivity contribution in [2.45, 2.75) is 57.0 Å². The molecule has 2 fully saturated rings. The van der Waals surface area contributed by atoms with Crippen molar-refractivity contribution in [3.05, 3.63) is 22.3 Å². The number of nitrogens with zero attached hydrogens (tertiary/aromatic N) is 2. The number of halogens is 1. The summed E-state index contributed by atoms with van der Waals surface area (Å²) >= 11 is 3.43. The number of aromatic nitrogens is 1. The van der Waals surface area contributed by atoms with Crippen molar-refractivity contribution in [3.8, 4) is 0 Å². The van der Waals surface area contributed by atoms with Crippen molar-refractivity contribution >= 4 is 28.0 Å². The van der Waals surface area contributed by atoms with E-state index in [0.29, 0.717) is 6.04 Å². The summed E-state index contributed by atoms with van der Waals surface area (Å²) in [5.74, 6) is 0.953. The molecule has 0 bridgehead atoms. The standard InChI is InChI=1S/C17H25BrN4.CH4O/c18-14-10-13(11-19)17(20-12-14)22-8-6-16(7-9-22)21-15-4-2-1-3-5-15;1-2/h10-12,15-16,19,21H,1-9H2;2H,1H3. The monoisotopic (exact) mass is 396 g/mol. The Kier molecular flexibility index (Phi) is 8.15. The lowest BCUT2D eigenvalue weighted by molar-refractivity contribution is 0.307. The van der Waals surface area contributed by atoms with E-state index in [9.17, 15) is 0 Å². The van der Waals surface area contributed by atoms with Crippen LogP contribution < -0.4 is 10.2 Å². The average molecular weight is 397 g/mol. The predicted molar refractivity (Wildman–Crippen MR) is 103 cm³/mol. The summed E-state index contributed by atoms with van der Waals surface area (Å²) in [5.41, 5.74) is 0.896. The Morgan fingerprint density at radius 1 is 1.17 bits per heavy atom. The van der Waals surface area contributed by atoms with E-state index in [-0.39, 0.29) is 0 Å². The van der Waals surface area contributed by atoms with Crippen LogP contribution >= 0.6 is 15.9 Å². The highest BCUT2D eigenvalue weighted by Gasteiger charge is 2.24. The van der Waals surface area contributed by atoms with Crippen molar-refractivity contribution in [2.75, 3.05) is 25.1 Å². The molecule has 1 aromatic heterocycles. The maximum Gasteiger partial charge on any atom is 0.137 e. The van der Waals surface area contributed by atoms with Gasteiger partial charge in [0, 0.05) is 54.7 Å². The molecule has 3 rings (SSSR count). The van der Waals surface area contributed by atoms with Crippen molar-refractivity contribution in [1.82, 2.24) is 10.3 Å². The van der Waals surface area contributed by atoms with Crippen LogP contribution in [0.4, 0.5) is 5.82 Å². The Balaban J connectivity index is 0.00000100. The predicted octanol–water partition coefficient (Wildman–Crippen LogP) is 3.34. The molecule has 0 atom stereocenters. The minimum Gasteiger partial charge on any atom is -0.400 e. The Morgan fingerprint density at radius 3 is 2.42 bits per heavy atom. The maximum absolute atomic E-state index is 7.58. The van der Waals surface area contributed by atoms with E-state index >= 15 is 0 Å². The third-order valence-corrected chi connectivity index (χ3v) is 5.32. The fourth-order valence-electron chi connectivity index (χ4n) is 3.68. The van der Waals surface area contributed by atoms with Crippen molar-refractivity contribution < 1.29 is 5.11 Å². The molecule has 0 spiro atoms. The molecule has 3 N–H and O–H groups in total. The normalized spacial score (nSPS) is 19.5. The second-order valence-electron chi connectivity index (χ2n) is 6.47. The molecule has 1 aliphatic heterocycles. The SMILES string of the molecule is CO.N=Cc1cc(Br)cnc1N1CCC(NC2CCCCC2)CC1. The molecule has 134 valence electrons. The first-order valence-corrected chi connectivity index (χ1v) is 9.67. The van der Waals surface area contributed by atoms with Crippen LogP contribution in [0.15, 0.2) is 16.7 Å². The first kappa shape index (κ1) is 19.3. The summed E-state index contributed by atoms with van der Waals surface area (Å²) in [6.07, 6.45) is 12.5. The van der Waals surface area contributed by atoms with Gasteiger partial charge in [-0.2, -0.15) is 0 Å². The van der Waals surface area contributed by atoms with Crippen LogP contribution in [0.25, 0.3) is 0 Å². The lowest BCUT2D eigenvalue weighted by Crippen LogP contribution is -2.47. The fraction of sp³-hybridized carbons (Fsp3) is 0.667. The molecular weight excluding hydrogens is 368 g/mol. The molecule has 0 amide bonds. The van der Waals surface area contributed by atoms with E-state index in [1.807, 2.05) is 12.3 Å². The van der Waals surface area contributed by atoms with E-state index < -0.39 is 0 Å². The molecule has 1 saturated carbocycles. The molecule has 0 aromatic carbocycles. The largest absolute Gasteiger partial charge is 0.400 e. The van der Waals surface area contributed by atoms with Gasteiger partial charge in [0.05, 0.1) is 0 Å². The first-order chi connectivity index (χ1) is 11.8. The minimum absolute atomic E-state index is 0.651. The fourth-order valence-corrected chi connectivity index (χ4v) is 4.03. The zero-order valence-corrected chi connectivity index (χ0v) is 16.1. The van der Waals surface area contributed by atoms with Gasteiger partial charge in [0.15, 0.2) is 0 Å². The molecule has 0 unspecified atom stereocenters. The van der Waals surface area contributed by atoms with Gasteiger partial charge in [-0.15, -0.1) is 0 Å². The Bertz CT molecular complexity index is 512. The van der Waals surface area contributed by atoms with E-state index in [1.165, 1.54) is 51.2 Å². The summed E-state index contributed by atoms with van der Waals surface area (Å²) in [6.45, 7) is 2.06. The van der Waals surface area contributed by atoms with Crippen LogP contribution in [0.1, 0.15) is 50.5 Å². The number of rotatable bonds is 4. The smallest absolute Gasteiger partial charge is 0.137 e. The number of hydrogen-bond donors (Lipinski definition) is 3. The molecule has 2 heterocycles. The number of hydrogen-bond acceptors (Lipinski definition) is 5. The average Bonchev–Trinajstić information content (AvgIpc) is 2.65. The summed E-state index contributed by atoms with van der Waals surface area (Å²) in [5, 5.41) is 18.5. The molecule has 24 heavy (non-hydrogen) atoms. The molecular formula is C18H29BrN4O. The maximum atomic E-state index is 7.58. The number of aliphatic hydroxyl groups excluding tert-OH is 1. The van der Waals surface area contributed by atoms with Gasteiger partial charge in [0.1, 0.15) is 5.82 Å². The van der Waals surface area contributed by atoms with Gasteiger partial charge in [0.25, 0.3) is 0 Å². The zero-order chi connectivity index (χ0) is 17.4. The second kappa shape index (κ2) is 10.1. The summed E-state index contributed by atoms with van der Waals surface area (Å²) in [6, 6.07) is 3.37. The van der Waals surface area contributed by atoms with Crippen LogP contribution in [0.3, 0.4) is 0 Å². The van der Waals surface area contributed by atoms with E-state index in [0.717, 1.165) is 42.1 Å². The van der Waals surface area contributed by atoms with Crippen molar-refractivity contribution in [2.24, 2.45) is 0 Å². The van der Waals surface area contributed by atoms with E-state index in [2.05, 4.69) is 31.1 Å². The second-order valence-corrected chi connectivity index (χ2v) is 7.39. The Hall–Kier alpha value is -0.980. The third-order valence-electron chi connectivity index (χ3n) is 4.89. The quantitative estimate of drug-likeness (QED) is 0.682. The number of anilines is 1. The van der Waals surface area contributed by atoms with Gasteiger partial charge >= 0.3 is 0 Å². The van der Waals surface area contributed by atoms with Crippen LogP contribution in [-0.2, 0) is 0 Å². The Labute approximate surface area is 153 Å². The molecule has 1 aromatic rings. The van der Waals surface area contributed by atoms with Gasteiger partial charge in [-0.3, -0.25) is 0 Å². The highest BCUT2D eigenvalue weighted by Crippen LogP contribution is 2.25. The molecule has 1 saturated heterocycles. The van der Waals surface area contributed by atoms with Crippen LogP contribution in [0.5, 0.6) is 0 Å². The summed E-state index contributed by atoms with van der Waals surface area (Å²) < 4.78 is 0.934. The highest BCUT2D eigenvalue weighted by atomic mass is 79.9. The highest BCUT2D eigenvalue weighted by molar-refractivity contribution is 9.10. The lowest BCUT2D eigenvalue weighted by Gasteiger charge is -2.36. The van der Waals surface area contributed by atoms with Gasteiger partial charge in [-0.05, 0) is 47.7 Å². The van der Waals surface area contributed by atoms with Crippen LogP contribution in [0.2, 0.25) is 0 Å². The van der Waals surface area contributed by atoms with Crippen molar-refractivity contribution in [3.63, 3.8) is 0 Å². The zero-order valence-electron chi connectivity index (χ0n) is 14.5. The number of piperidine rings is 1. The molecule has 2 aliphatic rings. The van der Waals surface area contributed by atoms with Gasteiger partial charge in [0.2, 0.25) is 0 Å². The first-order valence-electron chi connectivity index (χ1n) is 8.88. The van der Waals surface area contributed by atoms with Crippen molar-refractivity contribution in [1.29, 1.82) is 5.41 Å². The topological polar surface area (TPSA) is 72.2 Å². The molecule has 1 aliphatic carbocycles. The van der Waals surface area contributed by atoms with Gasteiger partial charge in [-0.25, -0.2) is 4.98 Å². The summed E-state index contributed by atoms with van der Waals surface area (Å²) in [7, 11) is 1.00. The van der Waals surface area contributed by atoms with Crippen LogP contribution in [-0.4, -0.2) is 48.6 Å². The molecule has 5 nitrogen and oxygen atoms in total. The molecule has 6 heteroatoms. The van der Waals surface area contributed by atoms with E-state index in [1.54, 1.807) is 0 Å². The number of aliphatic hydroxyl groups is 1. The minimum atomic E-state index is 0.651. The third kappa shape index (κ3) is 5.26. The van der Waals surface area contributed by atoms with Gasteiger partial charge in [-0.1, -0.05) is 19.3 Å².